The minimum Gasteiger partial charge on any atom is -0.382 e. The van der Waals surface area contributed by atoms with E-state index in [1.54, 1.807) is 30.0 Å². The predicted octanol–water partition coefficient (Wildman–Crippen LogP) is 3.17. The van der Waals surface area contributed by atoms with Crippen LogP contribution in [0.5, 0.6) is 5.75 Å². The van der Waals surface area contributed by atoms with Crippen molar-refractivity contribution >= 4 is 27.6 Å². The van der Waals surface area contributed by atoms with Crippen LogP contribution in [0.1, 0.15) is 39.7 Å². The normalized spacial score (nSPS) is 14.1. The number of hydrogen-bond acceptors (Lipinski definition) is 4. The summed E-state index contributed by atoms with van der Waals surface area (Å²) < 4.78 is 28.1. The lowest BCUT2D eigenvalue weighted by Crippen LogP contribution is -2.41. The maximum Gasteiger partial charge on any atom is 0.308 e. The van der Waals surface area contributed by atoms with E-state index in [0.29, 0.717) is 6.54 Å². The van der Waals surface area contributed by atoms with Gasteiger partial charge < -0.3 is 9.08 Å². The SMILES string of the molecule is CC[C@@H](C)N(Cc1cccc(OS(=O)(=O)CC)c1)C(=O)[C@H](C)Cl. The second-order valence-corrected chi connectivity index (χ2v) is 7.93. The molecule has 0 heterocycles. The third kappa shape index (κ3) is 6.03. The van der Waals surface area contributed by atoms with E-state index in [9.17, 15) is 13.2 Å². The van der Waals surface area contributed by atoms with Crippen molar-refractivity contribution in [1.29, 1.82) is 0 Å². The van der Waals surface area contributed by atoms with Crippen LogP contribution in [0, 0.1) is 0 Å². The number of halogens is 1. The molecule has 0 saturated carbocycles. The van der Waals surface area contributed by atoms with Crippen molar-refractivity contribution < 1.29 is 17.4 Å². The fourth-order valence-corrected chi connectivity index (χ4v) is 2.64. The molecule has 0 bridgehead atoms. The summed E-state index contributed by atoms with van der Waals surface area (Å²) in [4.78, 5) is 14.0. The Labute approximate surface area is 143 Å². The van der Waals surface area contributed by atoms with Gasteiger partial charge in [-0.2, -0.15) is 8.42 Å². The van der Waals surface area contributed by atoms with E-state index in [2.05, 4.69) is 0 Å². The smallest absolute Gasteiger partial charge is 0.308 e. The van der Waals surface area contributed by atoms with Crippen molar-refractivity contribution in [2.24, 2.45) is 0 Å². The van der Waals surface area contributed by atoms with Gasteiger partial charge in [-0.25, -0.2) is 0 Å². The van der Waals surface area contributed by atoms with E-state index in [1.165, 1.54) is 6.92 Å². The Bertz CT molecular complexity index is 631. The Balaban J connectivity index is 2.99. The minimum absolute atomic E-state index is 0.0349. The lowest BCUT2D eigenvalue weighted by Gasteiger charge is -2.30. The van der Waals surface area contributed by atoms with Crippen molar-refractivity contribution in [3.05, 3.63) is 29.8 Å². The van der Waals surface area contributed by atoms with E-state index < -0.39 is 15.5 Å². The van der Waals surface area contributed by atoms with Gasteiger partial charge in [0.05, 0.1) is 5.75 Å². The van der Waals surface area contributed by atoms with Gasteiger partial charge in [0.2, 0.25) is 5.91 Å². The number of benzene rings is 1. The number of rotatable bonds is 8. The van der Waals surface area contributed by atoms with Gasteiger partial charge in [-0.1, -0.05) is 19.1 Å². The Morgan fingerprint density at radius 3 is 2.48 bits per heavy atom. The van der Waals surface area contributed by atoms with Crippen molar-refractivity contribution in [2.45, 2.75) is 52.1 Å². The van der Waals surface area contributed by atoms with E-state index in [4.69, 9.17) is 15.8 Å². The Kier molecular flexibility index (Phi) is 7.35. The molecule has 1 aromatic rings. The van der Waals surface area contributed by atoms with Gasteiger partial charge in [0.15, 0.2) is 0 Å². The fourth-order valence-electron chi connectivity index (χ4n) is 2.00. The molecular formula is C16H24ClNO4S. The van der Waals surface area contributed by atoms with Gasteiger partial charge in [0.25, 0.3) is 0 Å². The molecule has 0 aliphatic heterocycles. The summed E-state index contributed by atoms with van der Waals surface area (Å²) in [7, 11) is -3.57. The van der Waals surface area contributed by atoms with Gasteiger partial charge in [-0.05, 0) is 44.9 Å². The van der Waals surface area contributed by atoms with Gasteiger partial charge >= 0.3 is 10.1 Å². The molecule has 23 heavy (non-hydrogen) atoms. The van der Waals surface area contributed by atoms with E-state index in [1.807, 2.05) is 19.9 Å². The number of hydrogen-bond donors (Lipinski definition) is 0. The number of carbonyl (C=O) groups is 1. The summed E-state index contributed by atoms with van der Waals surface area (Å²) in [5.74, 6) is 0.00620. The lowest BCUT2D eigenvalue weighted by atomic mass is 10.1. The zero-order chi connectivity index (χ0) is 17.6. The molecule has 1 aromatic carbocycles. The average Bonchev–Trinajstić information content (AvgIpc) is 2.51. The zero-order valence-electron chi connectivity index (χ0n) is 14.0. The summed E-state index contributed by atoms with van der Waals surface area (Å²) >= 11 is 5.93. The molecule has 0 aromatic heterocycles. The first-order valence-corrected chi connectivity index (χ1v) is 9.67. The first-order valence-electron chi connectivity index (χ1n) is 7.65. The summed E-state index contributed by atoms with van der Waals surface area (Å²) in [5.41, 5.74) is 0.791. The second-order valence-electron chi connectivity index (χ2n) is 5.42. The summed E-state index contributed by atoms with van der Waals surface area (Å²) in [5, 5.41) is -0.607. The Morgan fingerprint density at radius 1 is 1.30 bits per heavy atom. The van der Waals surface area contributed by atoms with Crippen molar-refractivity contribution in [2.75, 3.05) is 5.75 Å². The van der Waals surface area contributed by atoms with Crippen molar-refractivity contribution in [1.82, 2.24) is 4.90 Å². The monoisotopic (exact) mass is 361 g/mol. The standard InChI is InChI=1S/C16H24ClNO4S/c1-5-12(3)18(16(19)13(4)17)11-14-8-7-9-15(10-14)22-23(20,21)6-2/h7-10,12-13H,5-6,11H2,1-4H3/t12-,13+/m1/s1. The number of amides is 1. The van der Waals surface area contributed by atoms with Crippen LogP contribution in [0.15, 0.2) is 24.3 Å². The highest BCUT2D eigenvalue weighted by molar-refractivity contribution is 7.87. The van der Waals surface area contributed by atoms with Gasteiger partial charge in [0, 0.05) is 12.6 Å². The van der Waals surface area contributed by atoms with Crippen LogP contribution in [0.2, 0.25) is 0 Å². The fraction of sp³-hybridized carbons (Fsp3) is 0.562. The highest BCUT2D eigenvalue weighted by Crippen LogP contribution is 2.19. The molecule has 7 heteroatoms. The molecule has 0 unspecified atom stereocenters. The molecule has 0 aliphatic rings. The number of carbonyl (C=O) groups excluding carboxylic acids is 1. The maximum atomic E-state index is 12.3. The molecule has 2 atom stereocenters. The first-order chi connectivity index (χ1) is 10.7. The Morgan fingerprint density at radius 2 is 1.96 bits per heavy atom. The predicted molar refractivity (Wildman–Crippen MR) is 92.1 cm³/mol. The van der Waals surface area contributed by atoms with Crippen LogP contribution in [0.4, 0.5) is 0 Å². The highest BCUT2D eigenvalue weighted by atomic mass is 35.5. The topological polar surface area (TPSA) is 63.7 Å². The van der Waals surface area contributed by atoms with E-state index >= 15 is 0 Å². The van der Waals surface area contributed by atoms with Crippen LogP contribution in [-0.2, 0) is 21.5 Å². The second kappa shape index (κ2) is 8.55. The largest absolute Gasteiger partial charge is 0.382 e. The van der Waals surface area contributed by atoms with Gasteiger partial charge in [-0.15, -0.1) is 11.6 Å². The number of alkyl halides is 1. The van der Waals surface area contributed by atoms with Crippen molar-refractivity contribution in [3.63, 3.8) is 0 Å². The average molecular weight is 362 g/mol. The van der Waals surface area contributed by atoms with Gasteiger partial charge in [0.1, 0.15) is 11.1 Å². The molecule has 130 valence electrons. The molecule has 0 fully saturated rings. The molecule has 0 saturated heterocycles. The molecule has 0 N–H and O–H groups in total. The lowest BCUT2D eigenvalue weighted by molar-refractivity contribution is -0.133. The molecule has 1 amide bonds. The van der Waals surface area contributed by atoms with Crippen LogP contribution in [-0.4, -0.2) is 36.4 Å². The third-order valence-corrected chi connectivity index (χ3v) is 4.91. The van der Waals surface area contributed by atoms with E-state index in [-0.39, 0.29) is 23.5 Å². The maximum absolute atomic E-state index is 12.3. The molecular weight excluding hydrogens is 338 g/mol. The van der Waals surface area contributed by atoms with Crippen LogP contribution in [0.3, 0.4) is 0 Å². The van der Waals surface area contributed by atoms with Gasteiger partial charge in [-0.3, -0.25) is 4.79 Å². The highest BCUT2D eigenvalue weighted by Gasteiger charge is 2.23. The molecule has 0 aliphatic carbocycles. The molecule has 5 nitrogen and oxygen atoms in total. The summed E-state index contributed by atoms with van der Waals surface area (Å²) in [6.07, 6.45) is 0.801. The summed E-state index contributed by atoms with van der Waals surface area (Å²) in [6.45, 7) is 7.47. The van der Waals surface area contributed by atoms with Crippen molar-refractivity contribution in [3.8, 4) is 5.75 Å². The molecule has 0 radical (unpaired) electrons. The Hall–Kier alpha value is -1.27. The van der Waals surface area contributed by atoms with E-state index in [0.717, 1.165) is 12.0 Å². The first kappa shape index (κ1) is 19.8. The van der Waals surface area contributed by atoms with Crippen LogP contribution in [0.25, 0.3) is 0 Å². The van der Waals surface area contributed by atoms with Crippen LogP contribution < -0.4 is 4.18 Å². The number of nitrogens with zero attached hydrogens (tertiary/aromatic N) is 1. The minimum atomic E-state index is -3.57. The van der Waals surface area contributed by atoms with Crippen LogP contribution >= 0.6 is 11.6 Å². The molecule has 0 spiro atoms. The molecule has 1 rings (SSSR count). The third-order valence-electron chi connectivity index (χ3n) is 3.57. The quantitative estimate of drug-likeness (QED) is 0.527. The zero-order valence-corrected chi connectivity index (χ0v) is 15.5. The summed E-state index contributed by atoms with van der Waals surface area (Å²) in [6, 6.07) is 6.78.